The lowest BCUT2D eigenvalue weighted by molar-refractivity contribution is -0.144. The summed E-state index contributed by atoms with van der Waals surface area (Å²) < 4.78 is 0. The lowest BCUT2D eigenvalue weighted by Gasteiger charge is -2.15. The zero-order valence-corrected chi connectivity index (χ0v) is 28.0. The molecular weight excluding hydrogens is 560 g/mol. The molecule has 0 aliphatic rings. The van der Waals surface area contributed by atoms with Crippen LogP contribution in [0.3, 0.4) is 0 Å². The zero-order valence-electron chi connectivity index (χ0n) is 28.0. The Kier molecular flexibility index (Phi) is 28.2. The first kappa shape index (κ1) is 41.9. The summed E-state index contributed by atoms with van der Waals surface area (Å²) in [6, 6.07) is 0. The molecule has 0 aromatic carbocycles. The van der Waals surface area contributed by atoms with Crippen LogP contribution in [0.4, 0.5) is 0 Å². The summed E-state index contributed by atoms with van der Waals surface area (Å²) in [7, 11) is 0. The van der Waals surface area contributed by atoms with Gasteiger partial charge < -0.3 is 20.4 Å². The van der Waals surface area contributed by atoms with E-state index in [2.05, 4.69) is 6.92 Å². The molecule has 0 spiro atoms. The molecule has 3 unspecified atom stereocenters. The fraction of sp³-hybridized carbons (Fsp3) is 0.889. The van der Waals surface area contributed by atoms with Crippen molar-refractivity contribution in [2.45, 2.75) is 187 Å². The van der Waals surface area contributed by atoms with Gasteiger partial charge in [-0.05, 0) is 38.5 Å². The molecule has 0 saturated carbocycles. The molecule has 258 valence electrons. The highest BCUT2D eigenvalue weighted by atomic mass is 16.4. The average molecular weight is 627 g/mol. The molecule has 0 radical (unpaired) electrons. The van der Waals surface area contributed by atoms with Gasteiger partial charge in [-0.2, -0.15) is 0 Å². The maximum Gasteiger partial charge on any atom is 0.306 e. The molecule has 0 bridgehead atoms. The number of carboxylic acid groups (broad SMARTS) is 4. The monoisotopic (exact) mass is 626 g/mol. The summed E-state index contributed by atoms with van der Waals surface area (Å²) >= 11 is 0. The van der Waals surface area contributed by atoms with Crippen LogP contribution >= 0.6 is 0 Å². The van der Waals surface area contributed by atoms with Crippen molar-refractivity contribution in [3.05, 3.63) is 0 Å². The van der Waals surface area contributed by atoms with Gasteiger partial charge in [0, 0.05) is 6.42 Å². The van der Waals surface area contributed by atoms with Crippen LogP contribution in [0.2, 0.25) is 0 Å². The Labute approximate surface area is 267 Å². The molecule has 0 amide bonds. The summed E-state index contributed by atoms with van der Waals surface area (Å²) in [5, 5.41) is 37.0. The van der Waals surface area contributed by atoms with E-state index in [1.165, 1.54) is 89.9 Å². The van der Waals surface area contributed by atoms with Crippen molar-refractivity contribution in [3.63, 3.8) is 0 Å². The van der Waals surface area contributed by atoms with Gasteiger partial charge in [-0.1, -0.05) is 142 Å². The molecule has 0 heterocycles. The predicted octanol–water partition coefficient (Wildman–Crippen LogP) is 10.1. The van der Waals surface area contributed by atoms with Crippen LogP contribution in [0.25, 0.3) is 0 Å². The van der Waals surface area contributed by atoms with Gasteiger partial charge >= 0.3 is 23.9 Å². The van der Waals surface area contributed by atoms with Crippen LogP contribution in [0.1, 0.15) is 187 Å². The number of hydrogen-bond acceptors (Lipinski definition) is 4. The molecule has 0 fully saturated rings. The van der Waals surface area contributed by atoms with Crippen LogP contribution in [-0.2, 0) is 19.2 Å². The number of carbonyl (C=O) groups is 4. The molecular formula is C36H66O8. The Hall–Kier alpha value is -2.12. The molecule has 0 aromatic heterocycles. The van der Waals surface area contributed by atoms with Crippen molar-refractivity contribution in [3.8, 4) is 0 Å². The first-order valence-corrected chi connectivity index (χ1v) is 18.1. The summed E-state index contributed by atoms with van der Waals surface area (Å²) in [6.07, 6.45) is 27.1. The third-order valence-electron chi connectivity index (χ3n) is 9.12. The average Bonchev–Trinajstić information content (AvgIpc) is 2.97. The number of hydrogen-bond donors (Lipinski definition) is 4. The smallest absolute Gasteiger partial charge is 0.306 e. The van der Waals surface area contributed by atoms with Gasteiger partial charge in [0.05, 0.1) is 17.8 Å². The highest BCUT2D eigenvalue weighted by Crippen LogP contribution is 2.23. The molecule has 0 aromatic rings. The normalized spacial score (nSPS) is 13.4. The van der Waals surface area contributed by atoms with Crippen LogP contribution in [0, 0.1) is 17.8 Å². The van der Waals surface area contributed by atoms with E-state index in [0.717, 1.165) is 51.4 Å². The predicted molar refractivity (Wildman–Crippen MR) is 176 cm³/mol. The number of carboxylic acids is 4. The fourth-order valence-corrected chi connectivity index (χ4v) is 6.16. The minimum Gasteiger partial charge on any atom is -0.481 e. The maximum absolute atomic E-state index is 11.6. The lowest BCUT2D eigenvalue weighted by Crippen LogP contribution is -2.17. The fourth-order valence-electron chi connectivity index (χ4n) is 6.16. The highest BCUT2D eigenvalue weighted by Gasteiger charge is 2.21. The van der Waals surface area contributed by atoms with Crippen molar-refractivity contribution < 1.29 is 39.6 Å². The van der Waals surface area contributed by atoms with Crippen LogP contribution < -0.4 is 0 Å². The van der Waals surface area contributed by atoms with Gasteiger partial charge in [0.15, 0.2) is 0 Å². The van der Waals surface area contributed by atoms with Gasteiger partial charge in [-0.25, -0.2) is 0 Å². The summed E-state index contributed by atoms with van der Waals surface area (Å²) in [4.78, 5) is 45.2. The van der Waals surface area contributed by atoms with E-state index in [0.29, 0.717) is 25.7 Å². The summed E-state index contributed by atoms with van der Waals surface area (Å²) in [5.74, 6) is -4.80. The first-order chi connectivity index (χ1) is 21.2. The van der Waals surface area contributed by atoms with Crippen molar-refractivity contribution in [2.75, 3.05) is 0 Å². The van der Waals surface area contributed by atoms with Crippen molar-refractivity contribution >= 4 is 23.9 Å². The standard InChI is InChI=1S/C36H66O8/c1-2-3-4-5-16-19-23-30(34(39)40)24-20-17-14-12-10-8-6-7-9-11-13-15-18-21-25-31(35(41)42)26-22-27-32(36(43)44)28-29-33(37)38/h30-32H,2-29H2,1H3,(H,37,38)(H,39,40)(H,41,42)(H,43,44). The summed E-state index contributed by atoms with van der Waals surface area (Å²) in [6.45, 7) is 2.21. The molecule has 0 aliphatic heterocycles. The Morgan fingerprint density at radius 1 is 0.364 bits per heavy atom. The van der Waals surface area contributed by atoms with E-state index >= 15 is 0 Å². The van der Waals surface area contributed by atoms with Crippen LogP contribution in [0.5, 0.6) is 0 Å². The van der Waals surface area contributed by atoms with E-state index in [9.17, 15) is 34.5 Å². The number of aliphatic carboxylic acids is 4. The van der Waals surface area contributed by atoms with Crippen LogP contribution in [0.15, 0.2) is 0 Å². The molecule has 8 nitrogen and oxygen atoms in total. The van der Waals surface area contributed by atoms with E-state index in [1.54, 1.807) is 0 Å². The van der Waals surface area contributed by atoms with E-state index in [-0.39, 0.29) is 18.8 Å². The van der Waals surface area contributed by atoms with Gasteiger partial charge in [-0.15, -0.1) is 0 Å². The van der Waals surface area contributed by atoms with Gasteiger partial charge in [0.2, 0.25) is 0 Å². The van der Waals surface area contributed by atoms with E-state index in [4.69, 9.17) is 5.11 Å². The number of rotatable bonds is 34. The molecule has 4 N–H and O–H groups in total. The van der Waals surface area contributed by atoms with Crippen molar-refractivity contribution in [2.24, 2.45) is 17.8 Å². The first-order valence-electron chi connectivity index (χ1n) is 18.1. The second-order valence-corrected chi connectivity index (χ2v) is 13.1. The quantitative estimate of drug-likeness (QED) is 0.0515. The second-order valence-electron chi connectivity index (χ2n) is 13.1. The largest absolute Gasteiger partial charge is 0.481 e. The van der Waals surface area contributed by atoms with Gasteiger partial charge in [0.1, 0.15) is 0 Å². The SMILES string of the molecule is CCCCCCCCC(CCCCCCCCCCCCCCCCC(CCCC(CCC(=O)O)C(=O)O)C(=O)O)C(=O)O. The Morgan fingerprint density at radius 2 is 0.614 bits per heavy atom. The third-order valence-corrected chi connectivity index (χ3v) is 9.12. The molecule has 0 saturated heterocycles. The molecule has 44 heavy (non-hydrogen) atoms. The second kappa shape index (κ2) is 29.6. The Balaban J connectivity index is 3.67. The molecule has 8 heteroatoms. The molecule has 0 rings (SSSR count). The Morgan fingerprint density at radius 3 is 0.886 bits per heavy atom. The van der Waals surface area contributed by atoms with E-state index < -0.39 is 35.7 Å². The molecule has 0 aliphatic carbocycles. The Bertz CT molecular complexity index is 738. The minimum absolute atomic E-state index is 0.0831. The minimum atomic E-state index is -1.01. The van der Waals surface area contributed by atoms with Gasteiger partial charge in [0.25, 0.3) is 0 Å². The maximum atomic E-state index is 11.6. The van der Waals surface area contributed by atoms with Crippen molar-refractivity contribution in [1.82, 2.24) is 0 Å². The zero-order chi connectivity index (χ0) is 32.8. The van der Waals surface area contributed by atoms with Crippen LogP contribution in [-0.4, -0.2) is 44.3 Å². The van der Waals surface area contributed by atoms with Crippen molar-refractivity contribution in [1.29, 1.82) is 0 Å². The topological polar surface area (TPSA) is 149 Å². The van der Waals surface area contributed by atoms with Gasteiger partial charge in [-0.3, -0.25) is 19.2 Å². The lowest BCUT2D eigenvalue weighted by atomic mass is 9.91. The number of unbranched alkanes of at least 4 members (excludes halogenated alkanes) is 18. The summed E-state index contributed by atoms with van der Waals surface area (Å²) in [5.41, 5.74) is 0. The third kappa shape index (κ3) is 26.3. The molecule has 3 atom stereocenters. The van der Waals surface area contributed by atoms with E-state index in [1.807, 2.05) is 0 Å². The highest BCUT2D eigenvalue weighted by molar-refractivity contribution is 5.72.